The van der Waals surface area contributed by atoms with E-state index in [-0.39, 0.29) is 5.56 Å². The molecule has 0 saturated carbocycles. The van der Waals surface area contributed by atoms with Crippen LogP contribution in [0, 0.1) is 11.6 Å². The van der Waals surface area contributed by atoms with Crippen molar-refractivity contribution in [1.82, 2.24) is 0 Å². The highest BCUT2D eigenvalue weighted by atomic mass is 31.1. The molecule has 0 amide bonds. The van der Waals surface area contributed by atoms with E-state index in [1.54, 1.807) is 12.1 Å². The van der Waals surface area contributed by atoms with Crippen LogP contribution in [0.25, 0.3) is 33.4 Å². The second kappa shape index (κ2) is 8.92. The van der Waals surface area contributed by atoms with Crippen molar-refractivity contribution in [2.24, 2.45) is 0 Å². The van der Waals surface area contributed by atoms with Gasteiger partial charge in [0.2, 0.25) is 0 Å². The molecule has 0 spiro atoms. The van der Waals surface area contributed by atoms with Crippen molar-refractivity contribution in [2.75, 3.05) is 0 Å². The van der Waals surface area contributed by atoms with Crippen LogP contribution in [-0.2, 0) is 6.16 Å². The van der Waals surface area contributed by atoms with Crippen molar-refractivity contribution >= 4 is 72.1 Å². The Morgan fingerprint density at radius 2 is 1.09 bits per heavy atom. The molecule has 0 nitrogen and oxygen atoms in total. The summed E-state index contributed by atoms with van der Waals surface area (Å²) in [7, 11) is 11.5. The van der Waals surface area contributed by atoms with E-state index in [1.165, 1.54) is 27.3 Å². The zero-order valence-electron chi connectivity index (χ0n) is 17.0. The van der Waals surface area contributed by atoms with Crippen LogP contribution in [0.4, 0.5) is 8.78 Å². The summed E-state index contributed by atoms with van der Waals surface area (Å²) in [5.41, 5.74) is 5.57. The topological polar surface area (TPSA) is 0 Å². The van der Waals surface area contributed by atoms with E-state index in [4.69, 9.17) is 0 Å². The zero-order chi connectivity index (χ0) is 22.6. The van der Waals surface area contributed by atoms with E-state index in [0.29, 0.717) is 19.7 Å². The molecule has 32 heavy (non-hydrogen) atoms. The van der Waals surface area contributed by atoms with Crippen LogP contribution >= 0.6 is 45.5 Å². The van der Waals surface area contributed by atoms with Crippen LogP contribution in [0.1, 0.15) is 5.56 Å². The van der Waals surface area contributed by atoms with Crippen LogP contribution < -0.4 is 26.5 Å². The van der Waals surface area contributed by atoms with Gasteiger partial charge in [-0.15, -0.1) is 37.0 Å². The van der Waals surface area contributed by atoms with Crippen molar-refractivity contribution in [1.29, 1.82) is 0 Å². The van der Waals surface area contributed by atoms with Crippen molar-refractivity contribution in [3.63, 3.8) is 0 Å². The van der Waals surface area contributed by atoms with Gasteiger partial charge in [0.15, 0.2) is 11.6 Å². The molecule has 4 aromatic rings. The largest absolute Gasteiger partial charge is 0.203 e. The first-order valence-electron chi connectivity index (χ1n) is 10.0. The summed E-state index contributed by atoms with van der Waals surface area (Å²) < 4.78 is 30.6. The summed E-state index contributed by atoms with van der Waals surface area (Å²) in [6, 6.07) is 19.2. The fourth-order valence-corrected chi connectivity index (χ4v) is 7.63. The van der Waals surface area contributed by atoms with Gasteiger partial charge in [-0.3, -0.25) is 0 Å². The lowest BCUT2D eigenvalue weighted by Gasteiger charge is -2.24. The standard InChI is InChI=1S/C25H21F2P5/c26-21-13(15-3-1-5-19(28)24(15)31)8-9-14(22(21)27)16-10-7-12-17-4-2-6-20(29)25(17)32-11-18(12)23(16)30/h1-10,32H,11,28-31H2. The van der Waals surface area contributed by atoms with Crippen LogP contribution in [0.2, 0.25) is 0 Å². The Kier molecular flexibility index (Phi) is 6.32. The van der Waals surface area contributed by atoms with Gasteiger partial charge in [0.25, 0.3) is 0 Å². The molecule has 0 saturated heterocycles. The lowest BCUT2D eigenvalue weighted by Crippen LogP contribution is -2.22. The van der Waals surface area contributed by atoms with Gasteiger partial charge in [-0.1, -0.05) is 69.2 Å². The third-order valence-corrected chi connectivity index (χ3v) is 10.3. The van der Waals surface area contributed by atoms with Gasteiger partial charge >= 0.3 is 0 Å². The van der Waals surface area contributed by atoms with E-state index in [1.807, 2.05) is 24.3 Å². The maximum Gasteiger partial charge on any atom is 0.167 e. The Morgan fingerprint density at radius 3 is 1.78 bits per heavy atom. The molecule has 1 heterocycles. The molecule has 5 unspecified atom stereocenters. The minimum atomic E-state index is -0.816. The second-order valence-electron chi connectivity index (χ2n) is 7.77. The molecular weight excluding hydrogens is 493 g/mol. The molecule has 160 valence electrons. The van der Waals surface area contributed by atoms with E-state index in [2.05, 4.69) is 61.2 Å². The van der Waals surface area contributed by atoms with Crippen LogP contribution in [0.3, 0.4) is 0 Å². The summed E-state index contributed by atoms with van der Waals surface area (Å²) in [6.07, 6.45) is 0.903. The van der Waals surface area contributed by atoms with Gasteiger partial charge in [-0.25, -0.2) is 8.78 Å². The Labute approximate surface area is 198 Å². The average molecular weight is 514 g/mol. The summed E-state index contributed by atoms with van der Waals surface area (Å²) in [5, 5.41) is 5.32. The number of halogens is 2. The third-order valence-electron chi connectivity index (χ3n) is 5.99. The third kappa shape index (κ3) is 3.70. The van der Waals surface area contributed by atoms with Gasteiger partial charge in [0, 0.05) is 11.1 Å². The number of hydrogen-bond donors (Lipinski definition) is 0. The molecule has 0 aliphatic carbocycles. The van der Waals surface area contributed by atoms with Crippen LogP contribution in [0.5, 0.6) is 0 Å². The lowest BCUT2D eigenvalue weighted by molar-refractivity contribution is 0.514. The minimum absolute atomic E-state index is 0.271. The van der Waals surface area contributed by atoms with Gasteiger partial charge in [0.1, 0.15) is 0 Å². The van der Waals surface area contributed by atoms with E-state index >= 15 is 8.78 Å². The summed E-state index contributed by atoms with van der Waals surface area (Å²) in [4.78, 5) is 0. The van der Waals surface area contributed by atoms with Crippen LogP contribution in [-0.4, -0.2) is 0 Å². The van der Waals surface area contributed by atoms with Gasteiger partial charge in [-0.05, 0) is 60.5 Å². The molecule has 1 aliphatic heterocycles. The second-order valence-corrected chi connectivity index (χ2v) is 11.4. The van der Waals surface area contributed by atoms with Gasteiger partial charge in [0.05, 0.1) is 0 Å². The summed E-state index contributed by atoms with van der Waals surface area (Å²) in [5.74, 6) is -1.63. The lowest BCUT2D eigenvalue weighted by atomic mass is 9.93. The van der Waals surface area contributed by atoms with E-state index in [9.17, 15) is 0 Å². The SMILES string of the molecule is Fc1c(-c2cccc(P)c2P)ccc(-c2ccc3c(c2P)CPc2c(P)cccc2-3)c1F. The Morgan fingerprint density at radius 1 is 0.562 bits per heavy atom. The molecule has 5 rings (SSSR count). The van der Waals surface area contributed by atoms with Crippen LogP contribution in [0.15, 0.2) is 60.7 Å². The number of rotatable bonds is 2. The van der Waals surface area contributed by atoms with Gasteiger partial charge < -0.3 is 0 Å². The molecule has 0 N–H and O–H groups in total. The molecule has 0 aromatic heterocycles. The maximum atomic E-state index is 15.4. The molecular formula is C25H21F2P5. The Hall–Kier alpha value is -1.11. The molecule has 5 atom stereocenters. The molecule has 0 fully saturated rings. The number of fused-ring (bicyclic) bond motifs is 3. The monoisotopic (exact) mass is 514 g/mol. The molecule has 1 aliphatic rings. The first-order valence-corrected chi connectivity index (χ1v) is 13.6. The predicted molar refractivity (Wildman–Crippen MR) is 152 cm³/mol. The predicted octanol–water partition coefficient (Wildman–Crippen LogP) is 4.78. The van der Waals surface area contributed by atoms with Gasteiger partial charge in [-0.2, -0.15) is 0 Å². The fraction of sp³-hybridized carbons (Fsp3) is 0.0400. The maximum absolute atomic E-state index is 15.4. The van der Waals surface area contributed by atoms with Crippen molar-refractivity contribution < 1.29 is 8.78 Å². The zero-order valence-corrected chi connectivity index (χ0v) is 22.7. The van der Waals surface area contributed by atoms with Crippen molar-refractivity contribution in [3.8, 4) is 33.4 Å². The molecule has 7 heteroatoms. The van der Waals surface area contributed by atoms with Crippen molar-refractivity contribution in [2.45, 2.75) is 6.16 Å². The fourth-order valence-electron chi connectivity index (χ4n) is 4.29. The highest BCUT2D eigenvalue weighted by Crippen LogP contribution is 2.39. The highest BCUT2D eigenvalue weighted by Gasteiger charge is 2.23. The highest BCUT2D eigenvalue weighted by molar-refractivity contribution is 7.50. The van der Waals surface area contributed by atoms with E-state index in [0.717, 1.165) is 27.6 Å². The molecule has 0 radical (unpaired) electrons. The van der Waals surface area contributed by atoms with E-state index < -0.39 is 11.6 Å². The quantitative estimate of drug-likeness (QED) is 0.338. The van der Waals surface area contributed by atoms with Crippen molar-refractivity contribution in [3.05, 3.63) is 77.9 Å². The summed E-state index contributed by atoms with van der Waals surface area (Å²) in [6.45, 7) is 0. The first-order chi connectivity index (χ1) is 15.4. The average Bonchev–Trinajstić information content (AvgIpc) is 2.79. The summed E-state index contributed by atoms with van der Waals surface area (Å²) >= 11 is 0. The Bertz CT molecular complexity index is 1400. The normalized spacial score (nSPS) is 13.2. The minimum Gasteiger partial charge on any atom is -0.203 e. The first kappa shape index (κ1) is 22.7. The molecule has 0 bridgehead atoms. The number of benzene rings is 4. The smallest absolute Gasteiger partial charge is 0.167 e. The number of hydrogen-bond acceptors (Lipinski definition) is 0. The molecule has 4 aromatic carbocycles. The Balaban J connectivity index is 1.64.